The van der Waals surface area contributed by atoms with E-state index in [1.165, 1.54) is 19.1 Å². The number of carbonyl (C=O) groups excluding carboxylic acids is 1. The number of halogens is 2. The molecule has 3 aromatic rings. The van der Waals surface area contributed by atoms with E-state index in [1.807, 2.05) is 48.5 Å². The van der Waals surface area contributed by atoms with Gasteiger partial charge in [0.25, 0.3) is 0 Å². The molecule has 3 aromatic carbocycles. The number of nitrogens with one attached hydrogen (secondary N) is 2. The van der Waals surface area contributed by atoms with E-state index in [4.69, 9.17) is 16.3 Å². The Labute approximate surface area is 168 Å². The highest BCUT2D eigenvalue weighted by molar-refractivity contribution is 6.31. The lowest BCUT2D eigenvalue weighted by Crippen LogP contribution is -2.05. The molecule has 0 spiro atoms. The molecule has 0 radical (unpaired) electrons. The molecule has 0 atom stereocenters. The van der Waals surface area contributed by atoms with Gasteiger partial charge in [0.2, 0.25) is 5.91 Å². The normalized spacial score (nSPS) is 10.4. The summed E-state index contributed by atoms with van der Waals surface area (Å²) in [4.78, 5) is 11.1. The average Bonchev–Trinajstić information content (AvgIpc) is 2.67. The number of amides is 1. The van der Waals surface area contributed by atoms with Gasteiger partial charge < -0.3 is 15.4 Å². The van der Waals surface area contributed by atoms with Crippen LogP contribution in [0, 0.1) is 5.82 Å². The fourth-order valence-corrected chi connectivity index (χ4v) is 2.85. The minimum Gasteiger partial charge on any atom is -0.489 e. The predicted molar refractivity (Wildman–Crippen MR) is 110 cm³/mol. The van der Waals surface area contributed by atoms with Crippen molar-refractivity contribution in [1.82, 2.24) is 0 Å². The minimum absolute atomic E-state index is 0.0977. The van der Waals surface area contributed by atoms with Crippen molar-refractivity contribution in [1.29, 1.82) is 0 Å². The molecule has 28 heavy (non-hydrogen) atoms. The maximum Gasteiger partial charge on any atom is 0.221 e. The molecule has 0 aliphatic carbocycles. The van der Waals surface area contributed by atoms with E-state index in [-0.39, 0.29) is 18.3 Å². The van der Waals surface area contributed by atoms with Crippen molar-refractivity contribution in [2.45, 2.75) is 20.1 Å². The second-order valence-electron chi connectivity index (χ2n) is 6.28. The van der Waals surface area contributed by atoms with Gasteiger partial charge in [-0.1, -0.05) is 29.8 Å². The van der Waals surface area contributed by atoms with Crippen molar-refractivity contribution in [3.05, 3.63) is 88.7 Å². The van der Waals surface area contributed by atoms with Crippen molar-refractivity contribution in [3.8, 4) is 5.75 Å². The zero-order chi connectivity index (χ0) is 19.9. The first-order valence-electron chi connectivity index (χ1n) is 8.77. The summed E-state index contributed by atoms with van der Waals surface area (Å²) in [5, 5.41) is 6.41. The number of anilines is 2. The van der Waals surface area contributed by atoms with Crippen LogP contribution in [0.1, 0.15) is 18.1 Å². The smallest absolute Gasteiger partial charge is 0.221 e. The number of hydrogen-bond donors (Lipinski definition) is 2. The largest absolute Gasteiger partial charge is 0.489 e. The minimum atomic E-state index is -0.369. The zero-order valence-corrected chi connectivity index (χ0v) is 16.1. The van der Waals surface area contributed by atoms with Gasteiger partial charge in [-0.3, -0.25) is 4.79 Å². The molecule has 0 saturated carbocycles. The molecule has 3 rings (SSSR count). The summed E-state index contributed by atoms with van der Waals surface area (Å²) >= 11 is 6.03. The highest BCUT2D eigenvalue weighted by Gasteiger charge is 2.04. The molecule has 6 heteroatoms. The Morgan fingerprint density at radius 2 is 1.79 bits per heavy atom. The number of benzene rings is 3. The molecule has 0 fully saturated rings. The van der Waals surface area contributed by atoms with E-state index in [0.29, 0.717) is 17.3 Å². The molecular weight excluding hydrogens is 379 g/mol. The second-order valence-corrected chi connectivity index (χ2v) is 6.69. The third-order valence-electron chi connectivity index (χ3n) is 4.01. The molecule has 0 aliphatic heterocycles. The SMILES string of the molecule is CC(=O)Nc1ccc(NCc2cccc(OCc3ccc(F)cc3Cl)c2)cc1. The Hall–Kier alpha value is -3.05. The fraction of sp³-hybridized carbons (Fsp3) is 0.136. The van der Waals surface area contributed by atoms with E-state index in [1.54, 1.807) is 6.07 Å². The van der Waals surface area contributed by atoms with E-state index in [0.717, 1.165) is 22.5 Å². The lowest BCUT2D eigenvalue weighted by molar-refractivity contribution is -0.114. The van der Waals surface area contributed by atoms with Crippen LogP contribution < -0.4 is 15.4 Å². The van der Waals surface area contributed by atoms with Gasteiger partial charge in [-0.15, -0.1) is 0 Å². The van der Waals surface area contributed by atoms with Gasteiger partial charge in [0.1, 0.15) is 18.2 Å². The standard InChI is InChI=1S/C22H20ClFN2O2/c1-15(27)26-20-9-7-19(8-10-20)25-13-16-3-2-4-21(11-16)28-14-17-5-6-18(24)12-22(17)23/h2-12,25H,13-14H2,1H3,(H,26,27). The van der Waals surface area contributed by atoms with Crippen LogP contribution in [0.3, 0.4) is 0 Å². The summed E-state index contributed by atoms with van der Waals surface area (Å²) in [6.07, 6.45) is 0. The molecule has 0 saturated heterocycles. The quantitative estimate of drug-likeness (QED) is 0.542. The van der Waals surface area contributed by atoms with Gasteiger partial charge >= 0.3 is 0 Å². The molecule has 1 amide bonds. The van der Waals surface area contributed by atoms with Gasteiger partial charge in [-0.05, 0) is 54.1 Å². The highest BCUT2D eigenvalue weighted by atomic mass is 35.5. The summed E-state index contributed by atoms with van der Waals surface area (Å²) in [5.74, 6) is 0.243. The van der Waals surface area contributed by atoms with E-state index >= 15 is 0 Å². The number of hydrogen-bond acceptors (Lipinski definition) is 3. The first-order chi connectivity index (χ1) is 13.5. The molecule has 0 aliphatic rings. The third kappa shape index (κ3) is 5.72. The third-order valence-corrected chi connectivity index (χ3v) is 4.36. The van der Waals surface area contributed by atoms with Crippen LogP contribution in [-0.2, 0) is 17.9 Å². The molecule has 2 N–H and O–H groups in total. The van der Waals surface area contributed by atoms with E-state index in [2.05, 4.69) is 10.6 Å². The Morgan fingerprint density at radius 1 is 1.04 bits per heavy atom. The number of carbonyl (C=O) groups is 1. The summed E-state index contributed by atoms with van der Waals surface area (Å²) in [6, 6.07) is 19.5. The summed E-state index contributed by atoms with van der Waals surface area (Å²) in [6.45, 7) is 2.36. The average molecular weight is 399 g/mol. The molecule has 0 unspecified atom stereocenters. The van der Waals surface area contributed by atoms with E-state index < -0.39 is 0 Å². The molecule has 0 aromatic heterocycles. The lowest BCUT2D eigenvalue weighted by Gasteiger charge is -2.11. The molecule has 0 heterocycles. The van der Waals surface area contributed by atoms with Gasteiger partial charge in [-0.25, -0.2) is 4.39 Å². The molecular formula is C22H20ClFN2O2. The van der Waals surface area contributed by atoms with Crippen LogP contribution >= 0.6 is 11.6 Å². The van der Waals surface area contributed by atoms with Crippen LogP contribution in [0.25, 0.3) is 0 Å². The fourth-order valence-electron chi connectivity index (χ4n) is 2.62. The maximum atomic E-state index is 13.1. The molecule has 4 nitrogen and oxygen atoms in total. The topological polar surface area (TPSA) is 50.4 Å². The van der Waals surface area contributed by atoms with Crippen LogP contribution in [-0.4, -0.2) is 5.91 Å². The highest BCUT2D eigenvalue weighted by Crippen LogP contribution is 2.21. The van der Waals surface area contributed by atoms with Crippen molar-refractivity contribution in [2.75, 3.05) is 10.6 Å². The second kappa shape index (κ2) is 9.24. The summed E-state index contributed by atoms with van der Waals surface area (Å²) < 4.78 is 18.9. The van der Waals surface area contributed by atoms with Crippen LogP contribution in [0.15, 0.2) is 66.7 Å². The van der Waals surface area contributed by atoms with Crippen molar-refractivity contribution in [2.24, 2.45) is 0 Å². The maximum absolute atomic E-state index is 13.1. The Bertz CT molecular complexity index is 961. The molecule has 144 valence electrons. The monoisotopic (exact) mass is 398 g/mol. The van der Waals surface area contributed by atoms with Crippen LogP contribution in [0.2, 0.25) is 5.02 Å². The van der Waals surface area contributed by atoms with Gasteiger partial charge in [0, 0.05) is 30.4 Å². The van der Waals surface area contributed by atoms with Crippen LogP contribution in [0.5, 0.6) is 5.75 Å². The van der Waals surface area contributed by atoms with E-state index in [9.17, 15) is 9.18 Å². The van der Waals surface area contributed by atoms with Crippen molar-refractivity contribution >= 4 is 28.9 Å². The Balaban J connectivity index is 1.56. The van der Waals surface area contributed by atoms with Gasteiger partial charge in [0.15, 0.2) is 0 Å². The molecule has 0 bridgehead atoms. The van der Waals surface area contributed by atoms with Gasteiger partial charge in [-0.2, -0.15) is 0 Å². The van der Waals surface area contributed by atoms with Crippen LogP contribution in [0.4, 0.5) is 15.8 Å². The Kier molecular flexibility index (Phi) is 6.50. The van der Waals surface area contributed by atoms with Crippen molar-refractivity contribution < 1.29 is 13.9 Å². The Morgan fingerprint density at radius 3 is 2.50 bits per heavy atom. The first-order valence-corrected chi connectivity index (χ1v) is 9.14. The number of rotatable bonds is 7. The predicted octanol–water partition coefficient (Wildman–Crippen LogP) is 5.63. The van der Waals surface area contributed by atoms with Crippen molar-refractivity contribution in [3.63, 3.8) is 0 Å². The number of ether oxygens (including phenoxy) is 1. The first kappa shape index (κ1) is 19.7. The summed E-state index contributed by atoms with van der Waals surface area (Å²) in [7, 11) is 0. The summed E-state index contributed by atoms with van der Waals surface area (Å²) in [5.41, 5.74) is 3.48. The van der Waals surface area contributed by atoms with Gasteiger partial charge in [0.05, 0.1) is 5.02 Å². The zero-order valence-electron chi connectivity index (χ0n) is 15.3. The lowest BCUT2D eigenvalue weighted by atomic mass is 10.2.